The number of aryl methyl sites for hydroxylation is 1. The SMILES string of the molecule is CCOc1ccc(C(=O)Nc2cc(C)nn2-c2ccc(F)cc2)cc1OCC. The van der Waals surface area contributed by atoms with Crippen LogP contribution in [0, 0.1) is 12.7 Å². The summed E-state index contributed by atoms with van der Waals surface area (Å²) in [7, 11) is 0. The number of ether oxygens (including phenoxy) is 2. The molecule has 7 heteroatoms. The van der Waals surface area contributed by atoms with Gasteiger partial charge in [0.2, 0.25) is 0 Å². The first kappa shape index (κ1) is 19.4. The van der Waals surface area contributed by atoms with Gasteiger partial charge in [0.1, 0.15) is 11.6 Å². The molecule has 0 atom stereocenters. The molecule has 0 bridgehead atoms. The van der Waals surface area contributed by atoms with E-state index in [1.807, 2.05) is 20.8 Å². The van der Waals surface area contributed by atoms with Crippen LogP contribution in [-0.2, 0) is 0 Å². The number of aromatic nitrogens is 2. The normalized spacial score (nSPS) is 10.6. The number of carbonyl (C=O) groups is 1. The third-order valence-electron chi connectivity index (χ3n) is 3.95. The molecule has 0 aliphatic carbocycles. The number of benzene rings is 2. The lowest BCUT2D eigenvalue weighted by Crippen LogP contribution is -2.15. The molecule has 0 saturated carbocycles. The van der Waals surface area contributed by atoms with Gasteiger partial charge in [0.15, 0.2) is 11.5 Å². The zero-order valence-corrected chi connectivity index (χ0v) is 16.0. The molecule has 3 rings (SSSR count). The van der Waals surface area contributed by atoms with Crippen molar-refractivity contribution >= 4 is 11.7 Å². The molecule has 2 aromatic carbocycles. The van der Waals surface area contributed by atoms with Crippen LogP contribution in [0.5, 0.6) is 11.5 Å². The van der Waals surface area contributed by atoms with Crippen LogP contribution >= 0.6 is 0 Å². The molecule has 3 aromatic rings. The fourth-order valence-corrected chi connectivity index (χ4v) is 2.75. The standard InChI is InChI=1S/C21H22FN3O3/c1-4-27-18-11-6-15(13-19(18)28-5-2)21(26)23-20-12-14(3)24-25(20)17-9-7-16(22)8-10-17/h6-13H,4-5H2,1-3H3,(H,23,26). The van der Waals surface area contributed by atoms with Crippen molar-refractivity contribution in [2.45, 2.75) is 20.8 Å². The summed E-state index contributed by atoms with van der Waals surface area (Å²) in [4.78, 5) is 12.8. The van der Waals surface area contributed by atoms with Crippen molar-refractivity contribution in [1.29, 1.82) is 0 Å². The van der Waals surface area contributed by atoms with E-state index in [1.165, 1.54) is 12.1 Å². The van der Waals surface area contributed by atoms with Crippen LogP contribution < -0.4 is 14.8 Å². The van der Waals surface area contributed by atoms with Gasteiger partial charge in [-0.3, -0.25) is 4.79 Å². The number of carbonyl (C=O) groups excluding carboxylic acids is 1. The molecular formula is C21H22FN3O3. The molecule has 0 saturated heterocycles. The van der Waals surface area contributed by atoms with Crippen molar-refractivity contribution < 1.29 is 18.7 Å². The van der Waals surface area contributed by atoms with E-state index in [9.17, 15) is 9.18 Å². The van der Waals surface area contributed by atoms with E-state index in [1.54, 1.807) is 41.1 Å². The Labute approximate surface area is 162 Å². The second-order valence-electron chi connectivity index (χ2n) is 6.04. The molecule has 0 spiro atoms. The maximum absolute atomic E-state index is 13.2. The van der Waals surface area contributed by atoms with Crippen LogP contribution in [0.2, 0.25) is 0 Å². The van der Waals surface area contributed by atoms with Crippen LogP contribution in [0.15, 0.2) is 48.5 Å². The third-order valence-corrected chi connectivity index (χ3v) is 3.95. The maximum atomic E-state index is 13.2. The second-order valence-corrected chi connectivity index (χ2v) is 6.04. The smallest absolute Gasteiger partial charge is 0.256 e. The molecule has 1 heterocycles. The fourth-order valence-electron chi connectivity index (χ4n) is 2.75. The molecule has 0 aliphatic rings. The van der Waals surface area contributed by atoms with Gasteiger partial charge in [-0.25, -0.2) is 9.07 Å². The molecule has 1 N–H and O–H groups in total. The van der Waals surface area contributed by atoms with Crippen LogP contribution in [0.3, 0.4) is 0 Å². The molecule has 0 aliphatic heterocycles. The van der Waals surface area contributed by atoms with Gasteiger partial charge >= 0.3 is 0 Å². The largest absolute Gasteiger partial charge is 0.490 e. The van der Waals surface area contributed by atoms with Gasteiger partial charge < -0.3 is 14.8 Å². The number of halogens is 1. The quantitative estimate of drug-likeness (QED) is 0.658. The molecule has 0 radical (unpaired) electrons. The van der Waals surface area contributed by atoms with E-state index in [0.717, 1.165) is 5.69 Å². The Bertz CT molecular complexity index is 968. The summed E-state index contributed by atoms with van der Waals surface area (Å²) in [5.74, 6) is 0.942. The summed E-state index contributed by atoms with van der Waals surface area (Å²) in [6.45, 7) is 6.53. The number of hydrogen-bond acceptors (Lipinski definition) is 4. The number of anilines is 1. The minimum atomic E-state index is -0.337. The summed E-state index contributed by atoms with van der Waals surface area (Å²) >= 11 is 0. The monoisotopic (exact) mass is 383 g/mol. The van der Waals surface area contributed by atoms with Crippen LogP contribution in [0.1, 0.15) is 29.9 Å². The summed E-state index contributed by atoms with van der Waals surface area (Å²) < 4.78 is 25.9. The zero-order valence-electron chi connectivity index (χ0n) is 16.0. The Morgan fingerprint density at radius 1 is 1.04 bits per heavy atom. The van der Waals surface area contributed by atoms with Crippen LogP contribution in [-0.4, -0.2) is 28.9 Å². The molecular weight excluding hydrogens is 361 g/mol. The van der Waals surface area contributed by atoms with Gasteiger partial charge in [0, 0.05) is 11.6 Å². The number of amides is 1. The van der Waals surface area contributed by atoms with Crippen molar-refractivity contribution in [3.63, 3.8) is 0 Å². The summed E-state index contributed by atoms with van der Waals surface area (Å²) in [5, 5.41) is 7.23. The topological polar surface area (TPSA) is 65.4 Å². The van der Waals surface area contributed by atoms with E-state index < -0.39 is 0 Å². The molecule has 0 fully saturated rings. The van der Waals surface area contributed by atoms with Crippen LogP contribution in [0.25, 0.3) is 5.69 Å². The lowest BCUT2D eigenvalue weighted by atomic mass is 10.2. The lowest BCUT2D eigenvalue weighted by molar-refractivity contribution is 0.102. The lowest BCUT2D eigenvalue weighted by Gasteiger charge is -2.13. The highest BCUT2D eigenvalue weighted by Gasteiger charge is 2.15. The van der Waals surface area contributed by atoms with Gasteiger partial charge in [-0.1, -0.05) is 0 Å². The van der Waals surface area contributed by atoms with E-state index in [-0.39, 0.29) is 11.7 Å². The molecule has 28 heavy (non-hydrogen) atoms. The Morgan fingerprint density at radius 3 is 2.39 bits per heavy atom. The average molecular weight is 383 g/mol. The van der Waals surface area contributed by atoms with Crippen molar-refractivity contribution in [1.82, 2.24) is 9.78 Å². The summed E-state index contributed by atoms with van der Waals surface area (Å²) in [6, 6.07) is 12.7. The van der Waals surface area contributed by atoms with E-state index in [2.05, 4.69) is 10.4 Å². The molecule has 146 valence electrons. The first-order chi connectivity index (χ1) is 13.5. The highest BCUT2D eigenvalue weighted by Crippen LogP contribution is 2.29. The number of hydrogen-bond donors (Lipinski definition) is 1. The first-order valence-electron chi connectivity index (χ1n) is 9.05. The molecule has 1 aromatic heterocycles. The average Bonchev–Trinajstić information content (AvgIpc) is 3.04. The van der Waals surface area contributed by atoms with Crippen molar-refractivity contribution in [3.05, 3.63) is 65.6 Å². The Kier molecular flexibility index (Phi) is 5.93. The van der Waals surface area contributed by atoms with E-state index in [4.69, 9.17) is 9.47 Å². The highest BCUT2D eigenvalue weighted by atomic mass is 19.1. The van der Waals surface area contributed by atoms with Gasteiger partial charge in [-0.15, -0.1) is 0 Å². The van der Waals surface area contributed by atoms with Crippen molar-refractivity contribution in [2.75, 3.05) is 18.5 Å². The molecule has 1 amide bonds. The van der Waals surface area contributed by atoms with Crippen molar-refractivity contribution in [3.8, 4) is 17.2 Å². The first-order valence-corrected chi connectivity index (χ1v) is 9.05. The van der Waals surface area contributed by atoms with Crippen LogP contribution in [0.4, 0.5) is 10.2 Å². The number of nitrogens with one attached hydrogen (secondary N) is 1. The Balaban J connectivity index is 1.87. The van der Waals surface area contributed by atoms with E-state index in [0.29, 0.717) is 41.8 Å². The van der Waals surface area contributed by atoms with Crippen molar-refractivity contribution in [2.24, 2.45) is 0 Å². The summed E-state index contributed by atoms with van der Waals surface area (Å²) in [5.41, 5.74) is 1.80. The Morgan fingerprint density at radius 2 is 1.71 bits per heavy atom. The van der Waals surface area contributed by atoms with Gasteiger partial charge in [-0.2, -0.15) is 5.10 Å². The minimum Gasteiger partial charge on any atom is -0.490 e. The fraction of sp³-hybridized carbons (Fsp3) is 0.238. The molecule has 0 unspecified atom stereocenters. The Hall–Kier alpha value is -3.35. The van der Waals surface area contributed by atoms with Gasteiger partial charge in [0.05, 0.1) is 24.6 Å². The predicted octanol–water partition coefficient (Wildman–Crippen LogP) is 4.37. The van der Waals surface area contributed by atoms with Gasteiger partial charge in [-0.05, 0) is 63.2 Å². The van der Waals surface area contributed by atoms with Gasteiger partial charge in [0.25, 0.3) is 5.91 Å². The maximum Gasteiger partial charge on any atom is 0.256 e. The third kappa shape index (κ3) is 4.31. The number of nitrogens with zero attached hydrogens (tertiary/aromatic N) is 2. The summed E-state index contributed by atoms with van der Waals surface area (Å²) in [6.07, 6.45) is 0. The second kappa shape index (κ2) is 8.56. The zero-order chi connectivity index (χ0) is 20.1. The minimum absolute atomic E-state index is 0.313. The highest BCUT2D eigenvalue weighted by molar-refractivity contribution is 6.04. The predicted molar refractivity (Wildman–Crippen MR) is 105 cm³/mol. The molecule has 6 nitrogen and oxygen atoms in total. The van der Waals surface area contributed by atoms with E-state index >= 15 is 0 Å². The number of rotatable bonds is 7.